The zero-order valence-corrected chi connectivity index (χ0v) is 14.3. The summed E-state index contributed by atoms with van der Waals surface area (Å²) in [6, 6.07) is 4.29. The molecule has 0 aliphatic carbocycles. The fourth-order valence-electron chi connectivity index (χ4n) is 1.90. The van der Waals surface area contributed by atoms with Gasteiger partial charge in [0.2, 0.25) is 10.0 Å². The topological polar surface area (TPSA) is 46.2 Å². The summed E-state index contributed by atoms with van der Waals surface area (Å²) in [5.74, 6) is 0.626. The smallest absolute Gasteiger partial charge is 0.208 e. The molecule has 0 saturated carbocycles. The van der Waals surface area contributed by atoms with Crippen molar-refractivity contribution in [3.63, 3.8) is 0 Å². The normalized spacial score (nSPS) is 13.7. The summed E-state index contributed by atoms with van der Waals surface area (Å²) >= 11 is 11.8. The molecule has 3 nitrogen and oxygen atoms in total. The van der Waals surface area contributed by atoms with E-state index in [0.717, 1.165) is 19.3 Å². The molecule has 0 heterocycles. The number of halogens is 2. The first kappa shape index (κ1) is 17.8. The van der Waals surface area contributed by atoms with Crippen molar-refractivity contribution < 1.29 is 8.42 Å². The third-order valence-electron chi connectivity index (χ3n) is 2.96. The van der Waals surface area contributed by atoms with Crippen molar-refractivity contribution in [2.45, 2.75) is 51.0 Å². The van der Waals surface area contributed by atoms with Crippen LogP contribution in [0.25, 0.3) is 0 Å². The lowest BCUT2D eigenvalue weighted by Crippen LogP contribution is -2.32. The SMILES string of the molecule is CC(C)CCC[C@@H](C)NS(=O)(=O)c1cc(Cl)ccc1Cl. The number of sulfonamides is 1. The Morgan fingerprint density at radius 2 is 1.80 bits per heavy atom. The number of rotatable bonds is 7. The Morgan fingerprint density at radius 1 is 1.15 bits per heavy atom. The average Bonchev–Trinajstić information content (AvgIpc) is 2.31. The standard InChI is InChI=1S/C14H21Cl2NO2S/c1-10(2)5-4-6-11(3)17-20(18,19)14-9-12(15)7-8-13(14)16/h7-11,17H,4-6H2,1-3H3/t11-/m1/s1. The van der Waals surface area contributed by atoms with Gasteiger partial charge in [0.1, 0.15) is 4.90 Å². The Labute approximate surface area is 131 Å². The number of hydrogen-bond donors (Lipinski definition) is 1. The van der Waals surface area contributed by atoms with Crippen LogP contribution in [0.3, 0.4) is 0 Å². The Balaban J connectivity index is 2.72. The van der Waals surface area contributed by atoms with E-state index in [1.165, 1.54) is 12.1 Å². The molecule has 0 aromatic heterocycles. The van der Waals surface area contributed by atoms with Crippen LogP contribution in [0.2, 0.25) is 10.0 Å². The van der Waals surface area contributed by atoms with E-state index in [4.69, 9.17) is 23.2 Å². The molecule has 0 amide bonds. The molecule has 0 aliphatic rings. The first-order valence-corrected chi connectivity index (χ1v) is 8.93. The molecule has 0 bridgehead atoms. The van der Waals surface area contributed by atoms with E-state index in [1.54, 1.807) is 6.07 Å². The molecule has 114 valence electrons. The molecule has 1 rings (SSSR count). The minimum atomic E-state index is -3.63. The van der Waals surface area contributed by atoms with Crippen LogP contribution >= 0.6 is 23.2 Å². The maximum atomic E-state index is 12.3. The van der Waals surface area contributed by atoms with Crippen LogP contribution in [0.15, 0.2) is 23.1 Å². The van der Waals surface area contributed by atoms with E-state index in [-0.39, 0.29) is 16.0 Å². The lowest BCUT2D eigenvalue weighted by molar-refractivity contribution is 0.488. The van der Waals surface area contributed by atoms with Gasteiger partial charge in [-0.1, -0.05) is 49.9 Å². The van der Waals surface area contributed by atoms with E-state index in [0.29, 0.717) is 10.9 Å². The highest BCUT2D eigenvalue weighted by molar-refractivity contribution is 7.89. The van der Waals surface area contributed by atoms with Gasteiger partial charge in [-0.25, -0.2) is 13.1 Å². The van der Waals surface area contributed by atoms with Crippen molar-refractivity contribution in [2.24, 2.45) is 5.92 Å². The Hall–Kier alpha value is -0.290. The van der Waals surface area contributed by atoms with E-state index in [2.05, 4.69) is 18.6 Å². The molecule has 0 spiro atoms. The monoisotopic (exact) mass is 337 g/mol. The second-order valence-corrected chi connectivity index (χ2v) is 7.95. The Bertz CT molecular complexity index is 544. The number of hydrogen-bond acceptors (Lipinski definition) is 2. The molecule has 0 fully saturated rings. The predicted octanol–water partition coefficient (Wildman–Crippen LogP) is 4.49. The maximum absolute atomic E-state index is 12.3. The van der Waals surface area contributed by atoms with Gasteiger partial charge in [0, 0.05) is 11.1 Å². The second kappa shape index (κ2) is 7.64. The molecule has 0 radical (unpaired) electrons. The number of nitrogens with one attached hydrogen (secondary N) is 1. The summed E-state index contributed by atoms with van der Waals surface area (Å²) in [6.45, 7) is 6.16. The second-order valence-electron chi connectivity index (χ2n) is 5.42. The van der Waals surface area contributed by atoms with Crippen LogP contribution in [0.5, 0.6) is 0 Å². The molecule has 1 atom stereocenters. The van der Waals surface area contributed by atoms with E-state index >= 15 is 0 Å². The van der Waals surface area contributed by atoms with Crippen molar-refractivity contribution in [3.05, 3.63) is 28.2 Å². The van der Waals surface area contributed by atoms with Crippen LogP contribution in [0.1, 0.15) is 40.0 Å². The van der Waals surface area contributed by atoms with Gasteiger partial charge >= 0.3 is 0 Å². The minimum Gasteiger partial charge on any atom is -0.208 e. The molecular formula is C14H21Cl2NO2S. The fourth-order valence-corrected chi connectivity index (χ4v) is 3.94. The van der Waals surface area contributed by atoms with Gasteiger partial charge in [-0.3, -0.25) is 0 Å². The van der Waals surface area contributed by atoms with Gasteiger partial charge in [0.25, 0.3) is 0 Å². The van der Waals surface area contributed by atoms with Crippen LogP contribution < -0.4 is 4.72 Å². The van der Waals surface area contributed by atoms with Crippen molar-refractivity contribution >= 4 is 33.2 Å². The lowest BCUT2D eigenvalue weighted by Gasteiger charge is -2.15. The van der Waals surface area contributed by atoms with E-state index < -0.39 is 10.0 Å². The quantitative estimate of drug-likeness (QED) is 0.796. The molecule has 20 heavy (non-hydrogen) atoms. The van der Waals surface area contributed by atoms with Gasteiger partial charge in [0.15, 0.2) is 0 Å². The van der Waals surface area contributed by atoms with Gasteiger partial charge < -0.3 is 0 Å². The van der Waals surface area contributed by atoms with Crippen molar-refractivity contribution in [3.8, 4) is 0 Å². The molecule has 1 N–H and O–H groups in total. The Kier molecular flexibility index (Phi) is 6.79. The van der Waals surface area contributed by atoms with E-state index in [9.17, 15) is 8.42 Å². The van der Waals surface area contributed by atoms with Crippen molar-refractivity contribution in [2.75, 3.05) is 0 Å². The lowest BCUT2D eigenvalue weighted by atomic mass is 10.0. The summed E-state index contributed by atoms with van der Waals surface area (Å²) < 4.78 is 27.2. The molecule has 0 aliphatic heterocycles. The fraction of sp³-hybridized carbons (Fsp3) is 0.571. The highest BCUT2D eigenvalue weighted by Crippen LogP contribution is 2.25. The molecule has 6 heteroatoms. The van der Waals surface area contributed by atoms with Crippen LogP contribution in [-0.2, 0) is 10.0 Å². The highest BCUT2D eigenvalue weighted by Gasteiger charge is 2.20. The minimum absolute atomic E-state index is 0.0300. The molecular weight excluding hydrogens is 317 g/mol. The van der Waals surface area contributed by atoms with Crippen LogP contribution in [-0.4, -0.2) is 14.5 Å². The number of benzene rings is 1. The van der Waals surface area contributed by atoms with Gasteiger partial charge in [0.05, 0.1) is 5.02 Å². The summed E-state index contributed by atoms with van der Waals surface area (Å²) in [6.07, 6.45) is 2.88. The predicted molar refractivity (Wildman–Crippen MR) is 84.9 cm³/mol. The van der Waals surface area contributed by atoms with Crippen LogP contribution in [0, 0.1) is 5.92 Å². The zero-order valence-electron chi connectivity index (χ0n) is 12.0. The van der Waals surface area contributed by atoms with Crippen molar-refractivity contribution in [1.29, 1.82) is 0 Å². The van der Waals surface area contributed by atoms with Gasteiger partial charge in [-0.15, -0.1) is 0 Å². The van der Waals surface area contributed by atoms with E-state index in [1.807, 2.05) is 6.92 Å². The largest absolute Gasteiger partial charge is 0.242 e. The van der Waals surface area contributed by atoms with Crippen LogP contribution in [0.4, 0.5) is 0 Å². The summed E-state index contributed by atoms with van der Waals surface area (Å²) in [5, 5.41) is 0.526. The van der Waals surface area contributed by atoms with Gasteiger partial charge in [-0.05, 0) is 37.5 Å². The first-order valence-electron chi connectivity index (χ1n) is 6.69. The van der Waals surface area contributed by atoms with Gasteiger partial charge in [-0.2, -0.15) is 0 Å². The summed E-state index contributed by atoms with van der Waals surface area (Å²) in [4.78, 5) is 0.0300. The molecule has 0 saturated heterocycles. The molecule has 1 aromatic carbocycles. The Morgan fingerprint density at radius 3 is 2.40 bits per heavy atom. The molecule has 0 unspecified atom stereocenters. The molecule has 1 aromatic rings. The third kappa shape index (κ3) is 5.60. The average molecular weight is 338 g/mol. The first-order chi connectivity index (χ1) is 9.22. The summed E-state index contributed by atoms with van der Waals surface area (Å²) in [5.41, 5.74) is 0. The maximum Gasteiger partial charge on any atom is 0.242 e. The highest BCUT2D eigenvalue weighted by atomic mass is 35.5. The zero-order chi connectivity index (χ0) is 15.3. The third-order valence-corrected chi connectivity index (χ3v) is 5.26. The van der Waals surface area contributed by atoms with Crippen molar-refractivity contribution in [1.82, 2.24) is 4.72 Å². The summed E-state index contributed by atoms with van der Waals surface area (Å²) in [7, 11) is -3.63.